The minimum atomic E-state index is -2.86. The second-order valence-corrected chi connectivity index (χ2v) is 3.47. The van der Waals surface area contributed by atoms with Crippen LogP contribution in [0.25, 0.3) is 0 Å². The van der Waals surface area contributed by atoms with E-state index in [0.717, 1.165) is 6.07 Å². The minimum Gasteiger partial charge on any atom is -0.298 e. The lowest BCUT2D eigenvalue weighted by molar-refractivity contribution is -0.386. The molecule has 1 aromatic rings. The van der Waals surface area contributed by atoms with Crippen LogP contribution in [0.3, 0.4) is 0 Å². The Morgan fingerprint density at radius 1 is 1.60 bits per heavy atom. The molecule has 0 aromatic carbocycles. The van der Waals surface area contributed by atoms with Crippen LogP contribution in [0.2, 0.25) is 0 Å². The Balaban J connectivity index is 3.44. The van der Waals surface area contributed by atoms with Crippen molar-refractivity contribution in [1.82, 2.24) is 4.98 Å². The number of aldehydes is 1. The second-order valence-electron chi connectivity index (χ2n) is 2.45. The summed E-state index contributed by atoms with van der Waals surface area (Å²) in [6.07, 6.45) is -2.70. The zero-order valence-electron chi connectivity index (χ0n) is 6.99. The molecule has 0 amide bonds. The van der Waals surface area contributed by atoms with Gasteiger partial charge in [-0.05, 0) is 28.7 Å². The molecule has 0 aliphatic heterocycles. The fraction of sp³-hybridized carbons (Fsp3) is 0.143. The average molecular weight is 328 g/mol. The third kappa shape index (κ3) is 2.43. The van der Waals surface area contributed by atoms with Gasteiger partial charge in [-0.1, -0.05) is 0 Å². The zero-order chi connectivity index (χ0) is 11.6. The van der Waals surface area contributed by atoms with Gasteiger partial charge in [0.1, 0.15) is 5.69 Å². The number of alkyl halides is 2. The Kier molecular flexibility index (Phi) is 3.61. The second kappa shape index (κ2) is 4.55. The van der Waals surface area contributed by atoms with E-state index in [0.29, 0.717) is 0 Å². The van der Waals surface area contributed by atoms with E-state index >= 15 is 0 Å². The Bertz CT molecular complexity index is 425. The molecule has 0 fully saturated rings. The predicted molar refractivity (Wildman–Crippen MR) is 54.0 cm³/mol. The fourth-order valence-corrected chi connectivity index (χ4v) is 1.71. The van der Waals surface area contributed by atoms with Crippen molar-refractivity contribution >= 4 is 34.6 Å². The Hall–Kier alpha value is -1.19. The lowest BCUT2D eigenvalue weighted by Gasteiger charge is -2.02. The van der Waals surface area contributed by atoms with Crippen molar-refractivity contribution in [2.24, 2.45) is 0 Å². The van der Waals surface area contributed by atoms with Gasteiger partial charge >= 0.3 is 5.69 Å². The van der Waals surface area contributed by atoms with Crippen LogP contribution in [0.1, 0.15) is 22.5 Å². The third-order valence-electron chi connectivity index (χ3n) is 1.53. The summed E-state index contributed by atoms with van der Waals surface area (Å²) in [7, 11) is 0. The number of nitro groups is 1. The molecule has 0 saturated heterocycles. The highest BCUT2D eigenvalue weighted by molar-refractivity contribution is 14.1. The predicted octanol–water partition coefficient (Wildman–Crippen LogP) is 2.34. The van der Waals surface area contributed by atoms with E-state index in [1.165, 1.54) is 22.6 Å². The summed E-state index contributed by atoms with van der Waals surface area (Å²) in [5.74, 6) is 0. The highest BCUT2D eigenvalue weighted by atomic mass is 127. The molecule has 80 valence electrons. The van der Waals surface area contributed by atoms with Gasteiger partial charge in [-0.3, -0.25) is 14.9 Å². The van der Waals surface area contributed by atoms with Crippen molar-refractivity contribution in [2.45, 2.75) is 6.43 Å². The summed E-state index contributed by atoms with van der Waals surface area (Å²) >= 11 is 1.44. The maximum atomic E-state index is 12.2. The zero-order valence-corrected chi connectivity index (χ0v) is 9.14. The van der Waals surface area contributed by atoms with E-state index in [1.54, 1.807) is 0 Å². The number of hydrogen-bond donors (Lipinski definition) is 0. The molecule has 0 saturated carbocycles. The number of nitrogens with zero attached hydrogens (tertiary/aromatic N) is 2. The van der Waals surface area contributed by atoms with Crippen LogP contribution in [-0.2, 0) is 0 Å². The van der Waals surface area contributed by atoms with Gasteiger partial charge in [-0.15, -0.1) is 0 Å². The molecular formula is C7H3F2IN2O3. The molecule has 5 nitrogen and oxygen atoms in total. The van der Waals surface area contributed by atoms with Gasteiger partial charge in [0.2, 0.25) is 0 Å². The van der Waals surface area contributed by atoms with Crippen LogP contribution in [-0.4, -0.2) is 16.2 Å². The highest BCUT2D eigenvalue weighted by Gasteiger charge is 2.23. The van der Waals surface area contributed by atoms with Gasteiger partial charge in [-0.25, -0.2) is 13.8 Å². The molecule has 0 radical (unpaired) electrons. The van der Waals surface area contributed by atoms with Crippen LogP contribution in [0.15, 0.2) is 6.07 Å². The van der Waals surface area contributed by atoms with E-state index in [4.69, 9.17) is 0 Å². The van der Waals surface area contributed by atoms with E-state index in [2.05, 4.69) is 4.98 Å². The number of hydrogen-bond acceptors (Lipinski definition) is 4. The van der Waals surface area contributed by atoms with Gasteiger partial charge in [-0.2, -0.15) is 0 Å². The summed E-state index contributed by atoms with van der Waals surface area (Å²) < 4.78 is 24.3. The molecular weight excluding hydrogens is 325 g/mol. The van der Waals surface area contributed by atoms with Gasteiger partial charge in [0.15, 0.2) is 9.99 Å². The molecule has 0 aliphatic rings. The largest absolute Gasteiger partial charge is 0.311 e. The van der Waals surface area contributed by atoms with Crippen LogP contribution in [0.4, 0.5) is 14.5 Å². The van der Waals surface area contributed by atoms with Gasteiger partial charge in [0, 0.05) is 0 Å². The molecule has 0 unspecified atom stereocenters. The Morgan fingerprint density at radius 2 is 2.20 bits per heavy atom. The van der Waals surface area contributed by atoms with Crippen molar-refractivity contribution in [3.63, 3.8) is 0 Å². The number of carbonyl (C=O) groups is 1. The number of pyridine rings is 1. The first-order valence-corrected chi connectivity index (χ1v) is 4.63. The lowest BCUT2D eigenvalue weighted by atomic mass is 10.2. The van der Waals surface area contributed by atoms with E-state index in [9.17, 15) is 23.7 Å². The first-order chi connectivity index (χ1) is 6.97. The molecule has 1 aromatic heterocycles. The topological polar surface area (TPSA) is 73.1 Å². The average Bonchev–Trinajstić information content (AvgIpc) is 2.15. The molecule has 1 rings (SSSR count). The summed E-state index contributed by atoms with van der Waals surface area (Å²) in [6.45, 7) is 0. The van der Waals surface area contributed by atoms with Crippen LogP contribution < -0.4 is 0 Å². The number of rotatable bonds is 3. The van der Waals surface area contributed by atoms with E-state index < -0.39 is 28.3 Å². The molecule has 0 aliphatic carbocycles. The van der Waals surface area contributed by atoms with Crippen molar-refractivity contribution in [3.05, 3.63) is 31.1 Å². The third-order valence-corrected chi connectivity index (χ3v) is 2.28. The maximum Gasteiger partial charge on any atom is 0.311 e. The number of halogens is 3. The summed E-state index contributed by atoms with van der Waals surface area (Å²) in [5, 5.41) is 10.5. The highest BCUT2D eigenvalue weighted by Crippen LogP contribution is 2.27. The molecule has 0 bridgehead atoms. The number of carbonyl (C=O) groups excluding carboxylic acids is 1. The van der Waals surface area contributed by atoms with Crippen LogP contribution >= 0.6 is 22.6 Å². The standard InChI is InChI=1S/C7H3F2IN2O3/c8-6(9)4-1-3(2-13)5(12(14)15)7(10)11-4/h1-2,6H. The minimum absolute atomic E-state index is 0.161. The molecule has 15 heavy (non-hydrogen) atoms. The SMILES string of the molecule is O=Cc1cc(C(F)F)nc(I)c1[N+](=O)[O-]. The molecule has 0 spiro atoms. The lowest BCUT2D eigenvalue weighted by Crippen LogP contribution is -2.03. The summed E-state index contributed by atoms with van der Waals surface area (Å²) in [4.78, 5) is 23.5. The molecule has 0 atom stereocenters. The first kappa shape index (κ1) is 11.9. The quantitative estimate of drug-likeness (QED) is 0.281. The van der Waals surface area contributed by atoms with Crippen molar-refractivity contribution in [3.8, 4) is 0 Å². The van der Waals surface area contributed by atoms with Crippen molar-refractivity contribution in [1.29, 1.82) is 0 Å². The fourth-order valence-electron chi connectivity index (χ4n) is 0.928. The Morgan fingerprint density at radius 3 is 2.60 bits per heavy atom. The number of aromatic nitrogens is 1. The molecule has 8 heteroatoms. The van der Waals surface area contributed by atoms with E-state index in [1.807, 2.05) is 0 Å². The normalized spacial score (nSPS) is 10.4. The molecule has 1 heterocycles. The van der Waals surface area contributed by atoms with Gasteiger partial charge in [0.05, 0.1) is 10.5 Å². The monoisotopic (exact) mass is 328 g/mol. The van der Waals surface area contributed by atoms with Crippen molar-refractivity contribution < 1.29 is 18.5 Å². The smallest absolute Gasteiger partial charge is 0.298 e. The summed E-state index contributed by atoms with van der Waals surface area (Å²) in [6, 6.07) is 0.720. The van der Waals surface area contributed by atoms with Gasteiger partial charge in [0.25, 0.3) is 6.43 Å². The Labute approximate surface area is 95.8 Å². The summed E-state index contributed by atoms with van der Waals surface area (Å²) in [5.41, 5.74) is -1.59. The van der Waals surface area contributed by atoms with Crippen LogP contribution in [0.5, 0.6) is 0 Å². The van der Waals surface area contributed by atoms with E-state index in [-0.39, 0.29) is 9.99 Å². The maximum absolute atomic E-state index is 12.2. The van der Waals surface area contributed by atoms with Gasteiger partial charge < -0.3 is 0 Å². The van der Waals surface area contributed by atoms with Crippen LogP contribution in [0, 0.1) is 13.8 Å². The first-order valence-electron chi connectivity index (χ1n) is 3.55. The van der Waals surface area contributed by atoms with Crippen molar-refractivity contribution in [2.75, 3.05) is 0 Å². The molecule has 0 N–H and O–H groups in total.